The van der Waals surface area contributed by atoms with Gasteiger partial charge in [0.25, 0.3) is 0 Å². The lowest BCUT2D eigenvalue weighted by atomic mass is 10.1. The molecule has 124 valence electrons. The Morgan fingerprint density at radius 3 is 1.85 bits per heavy atom. The summed E-state index contributed by atoms with van der Waals surface area (Å²) in [5, 5.41) is 2.51. The van der Waals surface area contributed by atoms with Crippen LogP contribution in [0.2, 0.25) is 0 Å². The van der Waals surface area contributed by atoms with E-state index in [2.05, 4.69) is 112 Å². The van der Waals surface area contributed by atoms with Crippen molar-refractivity contribution in [1.29, 1.82) is 0 Å². The van der Waals surface area contributed by atoms with Crippen molar-refractivity contribution in [2.24, 2.45) is 0 Å². The van der Waals surface area contributed by atoms with E-state index in [-0.39, 0.29) is 0 Å². The van der Waals surface area contributed by atoms with Crippen molar-refractivity contribution in [3.05, 3.63) is 94.7 Å². The number of halogens is 1. The number of nitrogens with zero attached hydrogens (tertiary/aromatic N) is 2. The molecule has 3 heteroatoms. The highest BCUT2D eigenvalue weighted by atomic mass is 127. The summed E-state index contributed by atoms with van der Waals surface area (Å²) in [5.41, 5.74) is 4.75. The van der Waals surface area contributed by atoms with Gasteiger partial charge in [0, 0.05) is 10.8 Å². The smallest absolute Gasteiger partial charge is 0.139 e. The Hall–Kier alpha value is -2.66. The van der Waals surface area contributed by atoms with Gasteiger partial charge in [0.2, 0.25) is 0 Å². The van der Waals surface area contributed by atoms with Gasteiger partial charge in [-0.25, -0.2) is 4.98 Å². The maximum atomic E-state index is 4.85. The Morgan fingerprint density at radius 2 is 1.19 bits per heavy atom. The normalized spacial score (nSPS) is 11.3. The molecule has 5 aromatic rings. The number of rotatable bonds is 2. The summed E-state index contributed by atoms with van der Waals surface area (Å²) in [7, 11) is 0. The van der Waals surface area contributed by atoms with Gasteiger partial charge in [0.1, 0.15) is 9.52 Å². The molecule has 2 heterocycles. The van der Waals surface area contributed by atoms with Gasteiger partial charge in [-0.1, -0.05) is 66.7 Å². The monoisotopic (exact) mass is 446 g/mol. The largest absolute Gasteiger partial charge is 0.294 e. The molecular weight excluding hydrogens is 431 g/mol. The molecule has 0 saturated heterocycles. The molecule has 0 aliphatic rings. The summed E-state index contributed by atoms with van der Waals surface area (Å²) in [5.74, 6) is 0.952. The molecule has 0 radical (unpaired) electrons. The highest BCUT2D eigenvalue weighted by Gasteiger charge is 2.13. The van der Waals surface area contributed by atoms with E-state index >= 15 is 0 Å². The van der Waals surface area contributed by atoms with E-state index in [4.69, 9.17) is 4.98 Å². The first-order valence-electron chi connectivity index (χ1n) is 8.53. The van der Waals surface area contributed by atoms with E-state index in [0.29, 0.717) is 0 Å². The Balaban J connectivity index is 1.84. The molecule has 0 unspecified atom stereocenters. The predicted octanol–water partition coefficient (Wildman–Crippen LogP) is 6.45. The average Bonchev–Trinajstić information content (AvgIpc) is 3.03. The fraction of sp³-hybridized carbons (Fsp3) is 0. The number of hydrogen-bond acceptors (Lipinski definition) is 1. The first kappa shape index (κ1) is 15.6. The van der Waals surface area contributed by atoms with Gasteiger partial charge in [-0.2, -0.15) is 0 Å². The number of para-hydroxylation sites is 2. The minimum atomic E-state index is 0.952. The molecule has 0 aliphatic heterocycles. The van der Waals surface area contributed by atoms with Crippen molar-refractivity contribution < 1.29 is 0 Å². The average molecular weight is 446 g/mol. The standard InChI is InChI=1S/C23H15IN2/c24-22-14-17(16-8-2-1-3-9-16)15-23(25-22)26-20-12-6-4-10-18(20)19-11-5-7-13-21(19)26/h1-15H. The zero-order valence-corrected chi connectivity index (χ0v) is 16.1. The molecule has 0 saturated carbocycles. The molecule has 0 bridgehead atoms. The van der Waals surface area contributed by atoms with Crippen molar-refractivity contribution >= 4 is 44.4 Å². The van der Waals surface area contributed by atoms with Crippen LogP contribution in [0.4, 0.5) is 0 Å². The Kier molecular flexibility index (Phi) is 3.75. The number of hydrogen-bond donors (Lipinski definition) is 0. The zero-order chi connectivity index (χ0) is 17.5. The van der Waals surface area contributed by atoms with Crippen molar-refractivity contribution in [3.8, 4) is 16.9 Å². The van der Waals surface area contributed by atoms with Gasteiger partial charge >= 0.3 is 0 Å². The Morgan fingerprint density at radius 1 is 0.615 bits per heavy atom. The lowest BCUT2D eigenvalue weighted by Gasteiger charge is -2.10. The molecule has 0 fully saturated rings. The van der Waals surface area contributed by atoms with Crippen molar-refractivity contribution in [1.82, 2.24) is 9.55 Å². The third-order valence-corrected chi connectivity index (χ3v) is 5.25. The van der Waals surface area contributed by atoms with E-state index in [1.807, 2.05) is 6.07 Å². The minimum absolute atomic E-state index is 0.952. The van der Waals surface area contributed by atoms with E-state index in [1.54, 1.807) is 0 Å². The number of benzene rings is 3. The SMILES string of the molecule is Ic1cc(-c2ccccc2)cc(-n2c3ccccc3c3ccccc32)n1. The molecule has 0 spiro atoms. The summed E-state index contributed by atoms with van der Waals surface area (Å²) in [6.07, 6.45) is 0. The van der Waals surface area contributed by atoms with Gasteiger partial charge in [0.05, 0.1) is 11.0 Å². The van der Waals surface area contributed by atoms with Crippen LogP contribution in [0.15, 0.2) is 91.0 Å². The van der Waals surface area contributed by atoms with Crippen LogP contribution in [0, 0.1) is 3.70 Å². The van der Waals surface area contributed by atoms with Gasteiger partial charge in [-0.3, -0.25) is 4.57 Å². The first-order valence-corrected chi connectivity index (χ1v) is 9.61. The van der Waals surface area contributed by atoms with Crippen LogP contribution in [0.25, 0.3) is 38.8 Å². The highest BCUT2D eigenvalue weighted by Crippen LogP contribution is 2.32. The number of aromatic nitrogens is 2. The summed E-state index contributed by atoms with van der Waals surface area (Å²) >= 11 is 2.31. The van der Waals surface area contributed by atoms with Crippen LogP contribution in [0.5, 0.6) is 0 Å². The molecule has 0 aliphatic carbocycles. The summed E-state index contributed by atoms with van der Waals surface area (Å²) in [4.78, 5) is 4.85. The van der Waals surface area contributed by atoms with Crippen LogP contribution in [-0.2, 0) is 0 Å². The third kappa shape index (κ3) is 2.51. The van der Waals surface area contributed by atoms with Crippen molar-refractivity contribution in [3.63, 3.8) is 0 Å². The maximum absolute atomic E-state index is 4.85. The van der Waals surface area contributed by atoms with Gasteiger partial charge < -0.3 is 0 Å². The summed E-state index contributed by atoms with van der Waals surface area (Å²) < 4.78 is 3.25. The lowest BCUT2D eigenvalue weighted by molar-refractivity contribution is 1.06. The van der Waals surface area contributed by atoms with Gasteiger partial charge in [0.15, 0.2) is 0 Å². The Bertz CT molecular complexity index is 1190. The van der Waals surface area contributed by atoms with E-state index in [1.165, 1.54) is 32.9 Å². The summed E-state index contributed by atoms with van der Waals surface area (Å²) in [6, 6.07) is 31.8. The van der Waals surface area contributed by atoms with Crippen LogP contribution in [0.1, 0.15) is 0 Å². The summed E-state index contributed by atoms with van der Waals surface area (Å²) in [6.45, 7) is 0. The first-order chi connectivity index (χ1) is 12.8. The second-order valence-electron chi connectivity index (χ2n) is 6.27. The number of pyridine rings is 1. The molecule has 2 nitrogen and oxygen atoms in total. The lowest BCUT2D eigenvalue weighted by Crippen LogP contribution is -1.99. The third-order valence-electron chi connectivity index (χ3n) is 4.70. The molecular formula is C23H15IN2. The Labute approximate surface area is 165 Å². The van der Waals surface area contributed by atoms with Crippen LogP contribution >= 0.6 is 22.6 Å². The fourth-order valence-electron chi connectivity index (χ4n) is 3.56. The van der Waals surface area contributed by atoms with Crippen LogP contribution in [0.3, 0.4) is 0 Å². The highest BCUT2D eigenvalue weighted by molar-refractivity contribution is 14.1. The minimum Gasteiger partial charge on any atom is -0.294 e. The van der Waals surface area contributed by atoms with Crippen molar-refractivity contribution in [2.75, 3.05) is 0 Å². The predicted molar refractivity (Wildman–Crippen MR) is 117 cm³/mol. The topological polar surface area (TPSA) is 17.8 Å². The van der Waals surface area contributed by atoms with Crippen LogP contribution < -0.4 is 0 Å². The number of fused-ring (bicyclic) bond motifs is 3. The van der Waals surface area contributed by atoms with E-state index < -0.39 is 0 Å². The molecule has 5 rings (SSSR count). The maximum Gasteiger partial charge on any atom is 0.139 e. The second kappa shape index (κ2) is 6.25. The quantitative estimate of drug-likeness (QED) is 0.225. The molecule has 2 aromatic heterocycles. The molecule has 3 aromatic carbocycles. The fourth-order valence-corrected chi connectivity index (χ4v) is 4.15. The molecule has 26 heavy (non-hydrogen) atoms. The van der Waals surface area contributed by atoms with Crippen LogP contribution in [-0.4, -0.2) is 9.55 Å². The van der Waals surface area contributed by atoms with Crippen molar-refractivity contribution in [2.45, 2.75) is 0 Å². The molecule has 0 N–H and O–H groups in total. The van der Waals surface area contributed by atoms with Gasteiger partial charge in [-0.15, -0.1) is 0 Å². The van der Waals surface area contributed by atoms with E-state index in [0.717, 1.165) is 9.52 Å². The zero-order valence-electron chi connectivity index (χ0n) is 13.9. The molecule has 0 atom stereocenters. The van der Waals surface area contributed by atoms with E-state index in [9.17, 15) is 0 Å². The molecule has 0 amide bonds. The van der Waals surface area contributed by atoms with Gasteiger partial charge in [-0.05, 0) is 58.0 Å². The second-order valence-corrected chi connectivity index (χ2v) is 7.38.